The molecule has 0 saturated carbocycles. The van der Waals surface area contributed by atoms with E-state index in [9.17, 15) is 5.11 Å². The fraction of sp³-hybridized carbons (Fsp3) is 0.200. The summed E-state index contributed by atoms with van der Waals surface area (Å²) in [4.78, 5) is 0. The Morgan fingerprint density at radius 2 is 2.17 bits per heavy atom. The molecule has 1 aromatic carbocycles. The van der Waals surface area contributed by atoms with Crippen LogP contribution < -0.4 is 0 Å². The second kappa shape index (κ2) is 4.42. The van der Waals surface area contributed by atoms with Crippen LogP contribution in [0.5, 0.6) is 5.75 Å². The molecule has 12 heavy (non-hydrogen) atoms. The van der Waals surface area contributed by atoms with E-state index in [0.29, 0.717) is 12.2 Å². The molecule has 0 aliphatic rings. The molecule has 0 fully saturated rings. The molecule has 1 rings (SSSR count). The molecule has 1 N–H and O–H groups in total. The topological polar surface area (TPSA) is 29.5 Å². The average molecular weight is 162 g/mol. The van der Waals surface area contributed by atoms with Crippen molar-refractivity contribution in [3.8, 4) is 17.6 Å². The lowest BCUT2D eigenvalue weighted by Crippen LogP contribution is -1.82. The number of phenolic OH excluding ortho intramolecular Hbond substituents is 1. The van der Waals surface area contributed by atoms with Gasteiger partial charge in [0, 0.05) is 7.11 Å². The fourth-order valence-electron chi connectivity index (χ4n) is 0.783. The maximum atomic E-state index is 9.27. The van der Waals surface area contributed by atoms with Gasteiger partial charge < -0.3 is 9.84 Å². The van der Waals surface area contributed by atoms with E-state index in [1.54, 1.807) is 25.3 Å². The molecule has 0 unspecified atom stereocenters. The second-order valence-corrected chi connectivity index (χ2v) is 2.25. The third-order valence-electron chi connectivity index (χ3n) is 1.34. The molecular weight excluding hydrogens is 152 g/mol. The molecule has 0 heterocycles. The second-order valence-electron chi connectivity index (χ2n) is 2.25. The van der Waals surface area contributed by atoms with Crippen molar-refractivity contribution in [3.63, 3.8) is 0 Å². The first kappa shape index (κ1) is 8.63. The van der Waals surface area contributed by atoms with Crippen LogP contribution in [0.3, 0.4) is 0 Å². The van der Waals surface area contributed by atoms with Gasteiger partial charge in [-0.15, -0.1) is 0 Å². The molecule has 0 spiro atoms. The number of hydrogen-bond donors (Lipinski definition) is 1. The molecule has 0 aliphatic heterocycles. The van der Waals surface area contributed by atoms with Crippen LogP contribution in [0.2, 0.25) is 0 Å². The first-order valence-electron chi connectivity index (χ1n) is 3.60. The Morgan fingerprint density at radius 3 is 2.83 bits per heavy atom. The molecule has 0 aromatic heterocycles. The third-order valence-corrected chi connectivity index (χ3v) is 1.34. The van der Waals surface area contributed by atoms with E-state index >= 15 is 0 Å². The zero-order valence-corrected chi connectivity index (χ0v) is 6.87. The predicted octanol–water partition coefficient (Wildman–Crippen LogP) is 1.39. The lowest BCUT2D eigenvalue weighted by atomic mass is 10.2. The van der Waals surface area contributed by atoms with E-state index < -0.39 is 0 Å². The summed E-state index contributed by atoms with van der Waals surface area (Å²) in [6.45, 7) is 0.383. The smallest absolute Gasteiger partial charge is 0.131 e. The zero-order valence-electron chi connectivity index (χ0n) is 6.87. The van der Waals surface area contributed by atoms with Crippen molar-refractivity contribution in [2.24, 2.45) is 0 Å². The van der Waals surface area contributed by atoms with Crippen molar-refractivity contribution >= 4 is 0 Å². The maximum absolute atomic E-state index is 9.27. The predicted molar refractivity (Wildman–Crippen MR) is 46.9 cm³/mol. The largest absolute Gasteiger partial charge is 0.507 e. The maximum Gasteiger partial charge on any atom is 0.131 e. The minimum absolute atomic E-state index is 0.209. The van der Waals surface area contributed by atoms with Gasteiger partial charge in [-0.05, 0) is 12.1 Å². The standard InChI is InChI=1S/C10H10O2/c1-12-8-4-6-9-5-2-3-7-10(9)11/h2-3,5,7,11H,8H2,1H3. The summed E-state index contributed by atoms with van der Waals surface area (Å²) < 4.78 is 4.75. The normalized spacial score (nSPS) is 8.75. The van der Waals surface area contributed by atoms with Crippen molar-refractivity contribution in [2.45, 2.75) is 0 Å². The Balaban J connectivity index is 2.77. The molecule has 62 valence electrons. The van der Waals surface area contributed by atoms with Crippen LogP contribution in [0.1, 0.15) is 5.56 Å². The Labute approximate surface area is 71.8 Å². The SMILES string of the molecule is COCC#Cc1ccccc1O. The lowest BCUT2D eigenvalue weighted by Gasteiger charge is -1.93. The number of benzene rings is 1. The van der Waals surface area contributed by atoms with Crippen molar-refractivity contribution < 1.29 is 9.84 Å². The first-order chi connectivity index (χ1) is 5.84. The highest BCUT2D eigenvalue weighted by molar-refractivity contribution is 5.44. The van der Waals surface area contributed by atoms with Crippen LogP contribution in [0.15, 0.2) is 24.3 Å². The van der Waals surface area contributed by atoms with Crippen molar-refractivity contribution in [3.05, 3.63) is 29.8 Å². The van der Waals surface area contributed by atoms with Gasteiger partial charge in [0.25, 0.3) is 0 Å². The summed E-state index contributed by atoms with van der Waals surface area (Å²) in [7, 11) is 1.58. The highest BCUT2D eigenvalue weighted by atomic mass is 16.5. The van der Waals surface area contributed by atoms with Gasteiger partial charge in [-0.1, -0.05) is 24.0 Å². The molecule has 0 amide bonds. The number of rotatable bonds is 1. The summed E-state index contributed by atoms with van der Waals surface area (Å²) >= 11 is 0. The highest BCUT2D eigenvalue weighted by Gasteiger charge is 1.92. The average Bonchev–Trinajstić information content (AvgIpc) is 2.09. The van der Waals surface area contributed by atoms with Gasteiger partial charge in [0.2, 0.25) is 0 Å². The fourth-order valence-corrected chi connectivity index (χ4v) is 0.783. The monoisotopic (exact) mass is 162 g/mol. The van der Waals surface area contributed by atoms with E-state index in [-0.39, 0.29) is 5.75 Å². The van der Waals surface area contributed by atoms with E-state index in [0.717, 1.165) is 0 Å². The molecule has 2 heteroatoms. The highest BCUT2D eigenvalue weighted by Crippen LogP contribution is 2.13. The van der Waals surface area contributed by atoms with Gasteiger partial charge in [0.15, 0.2) is 0 Å². The molecule has 0 saturated heterocycles. The van der Waals surface area contributed by atoms with Gasteiger partial charge in [0.05, 0.1) is 5.56 Å². The van der Waals surface area contributed by atoms with Crippen molar-refractivity contribution in [2.75, 3.05) is 13.7 Å². The van der Waals surface area contributed by atoms with Crippen LogP contribution in [-0.4, -0.2) is 18.8 Å². The molecule has 1 aromatic rings. The summed E-state index contributed by atoms with van der Waals surface area (Å²) in [5.74, 6) is 5.76. The molecule has 0 bridgehead atoms. The Kier molecular flexibility index (Phi) is 3.18. The first-order valence-corrected chi connectivity index (χ1v) is 3.60. The Morgan fingerprint density at radius 1 is 1.42 bits per heavy atom. The van der Waals surface area contributed by atoms with Gasteiger partial charge in [-0.3, -0.25) is 0 Å². The van der Waals surface area contributed by atoms with E-state index in [2.05, 4.69) is 11.8 Å². The zero-order chi connectivity index (χ0) is 8.81. The quantitative estimate of drug-likeness (QED) is 0.632. The van der Waals surface area contributed by atoms with Crippen LogP contribution in [0, 0.1) is 11.8 Å². The minimum atomic E-state index is 0.209. The number of methoxy groups -OCH3 is 1. The third kappa shape index (κ3) is 2.30. The number of para-hydroxylation sites is 1. The van der Waals surface area contributed by atoms with Crippen LogP contribution >= 0.6 is 0 Å². The number of phenols is 1. The van der Waals surface area contributed by atoms with Crippen LogP contribution in [-0.2, 0) is 4.74 Å². The van der Waals surface area contributed by atoms with Gasteiger partial charge >= 0.3 is 0 Å². The van der Waals surface area contributed by atoms with Crippen LogP contribution in [0.4, 0.5) is 0 Å². The molecule has 0 radical (unpaired) electrons. The Bertz CT molecular complexity index is 307. The number of aromatic hydroxyl groups is 1. The lowest BCUT2D eigenvalue weighted by molar-refractivity contribution is 0.240. The summed E-state index contributed by atoms with van der Waals surface area (Å²) in [5.41, 5.74) is 0.634. The molecular formula is C10H10O2. The van der Waals surface area contributed by atoms with Crippen molar-refractivity contribution in [1.29, 1.82) is 0 Å². The van der Waals surface area contributed by atoms with E-state index in [4.69, 9.17) is 4.74 Å². The van der Waals surface area contributed by atoms with Gasteiger partial charge in [-0.2, -0.15) is 0 Å². The van der Waals surface area contributed by atoms with E-state index in [1.807, 2.05) is 6.07 Å². The number of hydrogen-bond acceptors (Lipinski definition) is 2. The summed E-state index contributed by atoms with van der Waals surface area (Å²) in [5, 5.41) is 9.27. The molecule has 2 nitrogen and oxygen atoms in total. The summed E-state index contributed by atoms with van der Waals surface area (Å²) in [6.07, 6.45) is 0. The van der Waals surface area contributed by atoms with E-state index in [1.165, 1.54) is 0 Å². The molecule has 0 atom stereocenters. The minimum Gasteiger partial charge on any atom is -0.507 e. The summed E-state index contributed by atoms with van der Waals surface area (Å²) in [6, 6.07) is 6.96. The Hall–Kier alpha value is -1.46. The van der Waals surface area contributed by atoms with Gasteiger partial charge in [-0.25, -0.2) is 0 Å². The molecule has 0 aliphatic carbocycles. The van der Waals surface area contributed by atoms with Gasteiger partial charge in [0.1, 0.15) is 12.4 Å². The number of ether oxygens (including phenoxy) is 1. The van der Waals surface area contributed by atoms with Crippen molar-refractivity contribution in [1.82, 2.24) is 0 Å². The van der Waals surface area contributed by atoms with Crippen LogP contribution in [0.25, 0.3) is 0 Å².